The van der Waals surface area contributed by atoms with E-state index in [9.17, 15) is 0 Å². The maximum absolute atomic E-state index is 5.23. The molecule has 0 unspecified atom stereocenters. The summed E-state index contributed by atoms with van der Waals surface area (Å²) in [6.07, 6.45) is 0. The summed E-state index contributed by atoms with van der Waals surface area (Å²) in [4.78, 5) is 4.37. The fourth-order valence-corrected chi connectivity index (χ4v) is 2.11. The number of benzene rings is 1. The Labute approximate surface area is 115 Å². The number of aromatic nitrogens is 1. The molecule has 0 amide bonds. The Hall–Kier alpha value is -1.55. The van der Waals surface area contributed by atoms with Gasteiger partial charge in [0.1, 0.15) is 10.4 Å². The lowest BCUT2D eigenvalue weighted by molar-refractivity contribution is 0.412. The Morgan fingerprint density at radius 1 is 1.28 bits per heavy atom. The van der Waals surface area contributed by atoms with E-state index in [1.54, 1.807) is 7.11 Å². The minimum absolute atomic E-state index is 0.700. The van der Waals surface area contributed by atoms with E-state index in [4.69, 9.17) is 4.74 Å². The average Bonchev–Trinajstić information content (AvgIpc) is 2.37. The number of hydrogen-bond acceptors (Lipinski definition) is 3. The Morgan fingerprint density at radius 2 is 2.11 bits per heavy atom. The van der Waals surface area contributed by atoms with E-state index in [0.717, 1.165) is 27.3 Å². The van der Waals surface area contributed by atoms with Crippen molar-refractivity contribution in [1.82, 2.24) is 4.98 Å². The molecular formula is C14H15BrN2O. The molecule has 0 saturated heterocycles. The van der Waals surface area contributed by atoms with Crippen molar-refractivity contribution in [1.29, 1.82) is 0 Å². The first-order valence-electron chi connectivity index (χ1n) is 5.69. The van der Waals surface area contributed by atoms with Gasteiger partial charge in [-0.05, 0) is 58.7 Å². The summed E-state index contributed by atoms with van der Waals surface area (Å²) in [5.41, 5.74) is 3.18. The van der Waals surface area contributed by atoms with Crippen LogP contribution in [0.1, 0.15) is 11.3 Å². The van der Waals surface area contributed by atoms with Gasteiger partial charge < -0.3 is 10.1 Å². The van der Waals surface area contributed by atoms with E-state index in [-0.39, 0.29) is 0 Å². The van der Waals surface area contributed by atoms with Gasteiger partial charge in [0.15, 0.2) is 0 Å². The topological polar surface area (TPSA) is 34.1 Å². The van der Waals surface area contributed by atoms with Crippen LogP contribution >= 0.6 is 15.9 Å². The summed E-state index contributed by atoms with van der Waals surface area (Å²) < 4.78 is 6.09. The number of nitrogens with zero attached hydrogens (tertiary/aromatic N) is 1. The zero-order chi connectivity index (χ0) is 13.0. The Balaban J connectivity index is 2.04. The van der Waals surface area contributed by atoms with Gasteiger partial charge in [-0.3, -0.25) is 0 Å². The molecule has 1 aromatic heterocycles. The quantitative estimate of drug-likeness (QED) is 0.873. The lowest BCUT2D eigenvalue weighted by Crippen LogP contribution is -2.02. The molecule has 3 nitrogen and oxygen atoms in total. The first-order chi connectivity index (χ1) is 8.69. The number of nitrogens with one attached hydrogen (secondary N) is 1. The maximum Gasteiger partial charge on any atom is 0.121 e. The molecule has 0 radical (unpaired) electrons. The smallest absolute Gasteiger partial charge is 0.121 e. The lowest BCUT2D eigenvalue weighted by atomic mass is 10.2. The highest BCUT2D eigenvalue weighted by atomic mass is 79.9. The summed E-state index contributed by atoms with van der Waals surface area (Å²) >= 11 is 3.36. The third-order valence-corrected chi connectivity index (χ3v) is 3.08. The molecule has 2 rings (SSSR count). The van der Waals surface area contributed by atoms with E-state index in [2.05, 4.69) is 32.3 Å². The zero-order valence-corrected chi connectivity index (χ0v) is 12.0. The molecule has 0 aliphatic rings. The van der Waals surface area contributed by atoms with Crippen LogP contribution in [0, 0.1) is 6.92 Å². The van der Waals surface area contributed by atoms with Crippen molar-refractivity contribution in [3.05, 3.63) is 52.3 Å². The van der Waals surface area contributed by atoms with Crippen LogP contribution in [0.4, 0.5) is 5.69 Å². The van der Waals surface area contributed by atoms with Crippen molar-refractivity contribution >= 4 is 21.6 Å². The molecule has 0 spiro atoms. The van der Waals surface area contributed by atoms with Crippen molar-refractivity contribution in [2.24, 2.45) is 0 Å². The largest absolute Gasteiger partial charge is 0.496 e. The normalized spacial score (nSPS) is 10.2. The van der Waals surface area contributed by atoms with Gasteiger partial charge >= 0.3 is 0 Å². The molecule has 1 heterocycles. The molecule has 0 aliphatic carbocycles. The second-order valence-corrected chi connectivity index (χ2v) is 4.80. The van der Waals surface area contributed by atoms with Crippen LogP contribution in [-0.2, 0) is 6.54 Å². The summed E-state index contributed by atoms with van der Waals surface area (Å²) in [6.45, 7) is 2.73. The molecule has 94 valence electrons. The number of aryl methyl sites for hydroxylation is 1. The van der Waals surface area contributed by atoms with Crippen LogP contribution in [0.5, 0.6) is 5.75 Å². The molecular weight excluding hydrogens is 292 g/mol. The number of methoxy groups -OCH3 is 1. The third-order valence-electron chi connectivity index (χ3n) is 2.64. The molecule has 0 saturated carbocycles. The molecule has 0 atom stereocenters. The molecule has 18 heavy (non-hydrogen) atoms. The van der Waals surface area contributed by atoms with Crippen LogP contribution in [-0.4, -0.2) is 12.1 Å². The highest BCUT2D eigenvalue weighted by Gasteiger charge is 2.00. The van der Waals surface area contributed by atoms with Gasteiger partial charge in [-0.1, -0.05) is 6.07 Å². The minimum Gasteiger partial charge on any atom is -0.496 e. The van der Waals surface area contributed by atoms with Gasteiger partial charge in [0, 0.05) is 5.69 Å². The molecule has 2 aromatic rings. The van der Waals surface area contributed by atoms with Crippen LogP contribution in [0.25, 0.3) is 0 Å². The van der Waals surface area contributed by atoms with Crippen LogP contribution in [0.2, 0.25) is 0 Å². The van der Waals surface area contributed by atoms with Crippen LogP contribution in [0.3, 0.4) is 0 Å². The Bertz CT molecular complexity index is 543. The zero-order valence-electron chi connectivity index (χ0n) is 10.4. The molecule has 0 aliphatic heterocycles. The SMILES string of the molecule is COc1ccc(NCc2cccc(Br)n2)cc1C. The number of pyridine rings is 1. The molecule has 0 bridgehead atoms. The number of anilines is 1. The summed E-state index contributed by atoms with van der Waals surface area (Å²) in [5, 5.41) is 3.34. The highest BCUT2D eigenvalue weighted by molar-refractivity contribution is 9.10. The van der Waals surface area contributed by atoms with Gasteiger partial charge in [0.25, 0.3) is 0 Å². The predicted molar refractivity (Wildman–Crippen MR) is 77.0 cm³/mol. The summed E-state index contributed by atoms with van der Waals surface area (Å²) in [7, 11) is 1.68. The summed E-state index contributed by atoms with van der Waals surface area (Å²) in [6, 6.07) is 11.9. The summed E-state index contributed by atoms with van der Waals surface area (Å²) in [5.74, 6) is 0.904. The second-order valence-electron chi connectivity index (χ2n) is 3.99. The van der Waals surface area contributed by atoms with E-state index >= 15 is 0 Å². The van der Waals surface area contributed by atoms with Gasteiger partial charge in [-0.2, -0.15) is 0 Å². The Kier molecular flexibility index (Phi) is 4.20. The first-order valence-corrected chi connectivity index (χ1v) is 6.48. The number of halogens is 1. The third kappa shape index (κ3) is 3.23. The van der Waals surface area contributed by atoms with E-state index in [1.165, 1.54) is 0 Å². The first kappa shape index (κ1) is 12.9. The van der Waals surface area contributed by atoms with Crippen molar-refractivity contribution in [3.63, 3.8) is 0 Å². The van der Waals surface area contributed by atoms with Crippen LogP contribution in [0.15, 0.2) is 41.0 Å². The lowest BCUT2D eigenvalue weighted by Gasteiger charge is -2.09. The minimum atomic E-state index is 0.700. The fourth-order valence-electron chi connectivity index (χ4n) is 1.73. The van der Waals surface area contributed by atoms with Crippen LogP contribution < -0.4 is 10.1 Å². The molecule has 4 heteroatoms. The van der Waals surface area contributed by atoms with Crippen molar-refractivity contribution in [2.45, 2.75) is 13.5 Å². The molecule has 1 aromatic carbocycles. The number of rotatable bonds is 4. The monoisotopic (exact) mass is 306 g/mol. The average molecular weight is 307 g/mol. The second kappa shape index (κ2) is 5.87. The highest BCUT2D eigenvalue weighted by Crippen LogP contribution is 2.21. The van der Waals surface area contributed by atoms with Gasteiger partial charge in [-0.25, -0.2) is 4.98 Å². The van der Waals surface area contributed by atoms with E-state index < -0.39 is 0 Å². The maximum atomic E-state index is 5.23. The number of hydrogen-bond donors (Lipinski definition) is 1. The van der Waals surface area contributed by atoms with Gasteiger partial charge in [0.2, 0.25) is 0 Å². The number of ether oxygens (including phenoxy) is 1. The van der Waals surface area contributed by atoms with Crippen molar-refractivity contribution in [2.75, 3.05) is 12.4 Å². The Morgan fingerprint density at radius 3 is 2.78 bits per heavy atom. The molecule has 0 fully saturated rings. The fraction of sp³-hybridized carbons (Fsp3) is 0.214. The van der Waals surface area contributed by atoms with Crippen molar-refractivity contribution in [3.8, 4) is 5.75 Å². The standard InChI is InChI=1S/C14H15BrN2O/c1-10-8-11(6-7-13(10)18-2)16-9-12-4-3-5-14(15)17-12/h3-8,16H,9H2,1-2H3. The van der Waals surface area contributed by atoms with Gasteiger partial charge in [0.05, 0.1) is 19.3 Å². The van der Waals surface area contributed by atoms with E-state index in [1.807, 2.05) is 37.3 Å². The van der Waals surface area contributed by atoms with Gasteiger partial charge in [-0.15, -0.1) is 0 Å². The predicted octanol–water partition coefficient (Wildman–Crippen LogP) is 3.77. The molecule has 1 N–H and O–H groups in total. The van der Waals surface area contributed by atoms with E-state index in [0.29, 0.717) is 6.54 Å². The van der Waals surface area contributed by atoms with Crippen molar-refractivity contribution < 1.29 is 4.74 Å².